The lowest BCUT2D eigenvalue weighted by atomic mass is 10.00. The lowest BCUT2D eigenvalue weighted by Crippen LogP contribution is -2.53. The van der Waals surface area contributed by atoms with E-state index in [0.717, 1.165) is 38.5 Å². The molecule has 6 heteroatoms. The van der Waals surface area contributed by atoms with Gasteiger partial charge in [-0.05, 0) is 38.5 Å². The highest BCUT2D eigenvalue weighted by Crippen LogP contribution is 2.18. The van der Waals surface area contributed by atoms with Crippen LogP contribution < -0.4 is 5.32 Å². The summed E-state index contributed by atoms with van der Waals surface area (Å²) >= 11 is 0. The van der Waals surface area contributed by atoms with Gasteiger partial charge in [-0.15, -0.1) is 0 Å². The number of rotatable bonds is 55. The molecule has 0 fully saturated rings. The molecule has 4 unspecified atom stereocenters. The minimum absolute atomic E-state index is 0.369. The third kappa shape index (κ3) is 47.9. The van der Waals surface area contributed by atoms with Crippen molar-refractivity contribution in [3.8, 4) is 0 Å². The highest BCUT2D eigenvalue weighted by atomic mass is 16.3. The van der Waals surface area contributed by atoms with Crippen molar-refractivity contribution < 1.29 is 25.2 Å². The number of aliphatic hydroxyl groups excluding tert-OH is 4. The zero-order chi connectivity index (χ0) is 47.4. The number of hydrogen-bond acceptors (Lipinski definition) is 5. The molecule has 0 heterocycles. The Kier molecular flexibility index (Phi) is 53.2. The maximum absolute atomic E-state index is 12.6. The lowest BCUT2D eigenvalue weighted by Gasteiger charge is -2.27. The van der Waals surface area contributed by atoms with Crippen LogP contribution in [-0.2, 0) is 4.79 Å². The summed E-state index contributed by atoms with van der Waals surface area (Å²) < 4.78 is 0. The summed E-state index contributed by atoms with van der Waals surface area (Å²) in [7, 11) is 0. The van der Waals surface area contributed by atoms with E-state index in [1.54, 1.807) is 0 Å². The Morgan fingerprint density at radius 1 is 0.369 bits per heavy atom. The van der Waals surface area contributed by atoms with E-state index in [1.165, 1.54) is 263 Å². The molecular formula is C59H117NO5. The van der Waals surface area contributed by atoms with Crippen molar-refractivity contribution >= 4 is 5.91 Å². The van der Waals surface area contributed by atoms with Gasteiger partial charge in [-0.2, -0.15) is 0 Å². The van der Waals surface area contributed by atoms with E-state index in [9.17, 15) is 25.2 Å². The number of allylic oxidation sites excluding steroid dienone is 2. The van der Waals surface area contributed by atoms with Crippen LogP contribution in [0.15, 0.2) is 12.2 Å². The van der Waals surface area contributed by atoms with Crippen LogP contribution >= 0.6 is 0 Å². The molecule has 388 valence electrons. The first-order valence-electron chi connectivity index (χ1n) is 29.6. The summed E-state index contributed by atoms with van der Waals surface area (Å²) in [6.45, 7) is 4.09. The number of nitrogens with one attached hydrogen (secondary N) is 1. The van der Waals surface area contributed by atoms with Gasteiger partial charge in [0, 0.05) is 0 Å². The van der Waals surface area contributed by atoms with Crippen LogP contribution in [0.3, 0.4) is 0 Å². The van der Waals surface area contributed by atoms with Crippen LogP contribution in [0.4, 0.5) is 0 Å². The van der Waals surface area contributed by atoms with Gasteiger partial charge in [0.05, 0.1) is 18.8 Å². The molecule has 6 nitrogen and oxygen atoms in total. The van der Waals surface area contributed by atoms with Crippen molar-refractivity contribution in [2.75, 3.05) is 6.61 Å². The van der Waals surface area contributed by atoms with Gasteiger partial charge in [-0.1, -0.05) is 302 Å². The molecule has 0 bridgehead atoms. The van der Waals surface area contributed by atoms with Crippen LogP contribution in [0.5, 0.6) is 0 Å². The lowest BCUT2D eigenvalue weighted by molar-refractivity contribution is -0.132. The molecule has 0 spiro atoms. The first-order chi connectivity index (χ1) is 32.0. The van der Waals surface area contributed by atoms with E-state index in [2.05, 4.69) is 31.3 Å². The summed E-state index contributed by atoms with van der Waals surface area (Å²) in [5, 5.41) is 44.0. The SMILES string of the molecule is CCCCCCCCCCCCCCCCCCC/C=C/CCCC(O)C(O)C(CO)NC(=O)C(O)CCCCCCCCCCCCCCCCCCCCCCCCCCCCC. The Morgan fingerprint density at radius 3 is 0.923 bits per heavy atom. The monoisotopic (exact) mass is 920 g/mol. The summed E-state index contributed by atoms with van der Waals surface area (Å²) in [5.74, 6) is -0.586. The van der Waals surface area contributed by atoms with Gasteiger partial charge >= 0.3 is 0 Å². The van der Waals surface area contributed by atoms with E-state index in [4.69, 9.17) is 0 Å². The average molecular weight is 921 g/mol. The molecule has 0 aliphatic carbocycles. The second-order valence-corrected chi connectivity index (χ2v) is 20.7. The molecule has 1 amide bonds. The molecule has 0 rings (SSSR count). The zero-order valence-corrected chi connectivity index (χ0v) is 44.0. The van der Waals surface area contributed by atoms with Gasteiger partial charge in [0.1, 0.15) is 12.2 Å². The van der Waals surface area contributed by atoms with Crippen LogP contribution in [0.2, 0.25) is 0 Å². The molecule has 0 aromatic heterocycles. The second-order valence-electron chi connectivity index (χ2n) is 20.7. The Balaban J connectivity index is 3.60. The number of unbranched alkanes of at least 4 members (excludes halogenated alkanes) is 44. The first-order valence-corrected chi connectivity index (χ1v) is 29.6. The van der Waals surface area contributed by atoms with Gasteiger partial charge in [0.25, 0.3) is 0 Å². The molecular weight excluding hydrogens is 803 g/mol. The fourth-order valence-electron chi connectivity index (χ4n) is 9.59. The molecule has 5 N–H and O–H groups in total. The molecule has 4 atom stereocenters. The maximum atomic E-state index is 12.6. The summed E-state index contributed by atoms with van der Waals surface area (Å²) in [4.78, 5) is 12.6. The number of hydrogen-bond donors (Lipinski definition) is 5. The maximum Gasteiger partial charge on any atom is 0.249 e. The summed E-state index contributed by atoms with van der Waals surface area (Å²) in [6, 6.07) is -0.999. The van der Waals surface area contributed by atoms with Crippen LogP contribution in [0.1, 0.15) is 328 Å². The van der Waals surface area contributed by atoms with E-state index < -0.39 is 36.9 Å². The predicted octanol–water partition coefficient (Wildman–Crippen LogP) is 17.3. The minimum atomic E-state index is -1.28. The van der Waals surface area contributed by atoms with Crippen molar-refractivity contribution in [3.05, 3.63) is 12.2 Å². The fourth-order valence-corrected chi connectivity index (χ4v) is 9.59. The van der Waals surface area contributed by atoms with Crippen molar-refractivity contribution in [2.45, 2.75) is 353 Å². The normalized spacial score (nSPS) is 13.8. The Morgan fingerprint density at radius 2 is 0.631 bits per heavy atom. The topological polar surface area (TPSA) is 110 Å². The van der Waals surface area contributed by atoms with Crippen molar-refractivity contribution in [3.63, 3.8) is 0 Å². The Labute approximate surface area is 406 Å². The van der Waals surface area contributed by atoms with E-state index in [0.29, 0.717) is 12.8 Å². The highest BCUT2D eigenvalue weighted by Gasteiger charge is 2.28. The fraction of sp³-hybridized carbons (Fsp3) is 0.949. The quantitative estimate of drug-likeness (QED) is 0.0308. The first kappa shape index (κ1) is 64.0. The smallest absolute Gasteiger partial charge is 0.249 e. The number of carbonyl (C=O) groups is 1. The molecule has 0 aromatic rings. The zero-order valence-electron chi connectivity index (χ0n) is 44.0. The molecule has 0 radical (unpaired) electrons. The molecule has 0 aliphatic rings. The molecule has 0 saturated carbocycles. The highest BCUT2D eigenvalue weighted by molar-refractivity contribution is 5.80. The third-order valence-electron chi connectivity index (χ3n) is 14.2. The average Bonchev–Trinajstić information content (AvgIpc) is 3.31. The Bertz CT molecular complexity index is 944. The number of carbonyl (C=O) groups excluding carboxylic acids is 1. The largest absolute Gasteiger partial charge is 0.394 e. The van der Waals surface area contributed by atoms with Gasteiger partial charge in [0.2, 0.25) is 5.91 Å². The van der Waals surface area contributed by atoms with Crippen LogP contribution in [-0.4, -0.2) is 57.3 Å². The minimum Gasteiger partial charge on any atom is -0.394 e. The number of amides is 1. The number of aliphatic hydroxyl groups is 4. The second kappa shape index (κ2) is 54.0. The Hall–Kier alpha value is -0.950. The van der Waals surface area contributed by atoms with Crippen LogP contribution in [0.25, 0.3) is 0 Å². The molecule has 0 aliphatic heterocycles. The predicted molar refractivity (Wildman–Crippen MR) is 284 cm³/mol. The van der Waals surface area contributed by atoms with Crippen molar-refractivity contribution in [1.29, 1.82) is 0 Å². The summed E-state index contributed by atoms with van der Waals surface area (Å²) in [6.07, 6.45) is 64.4. The third-order valence-corrected chi connectivity index (χ3v) is 14.2. The standard InChI is InChI=1S/C59H117NO5/c1-3-5-7-9-11-13-15-17-19-21-23-25-27-28-29-30-31-33-35-37-39-41-43-45-47-49-51-53-57(63)59(65)60-55(54-61)58(64)56(62)52-50-48-46-44-42-40-38-36-34-32-26-24-22-20-18-16-14-12-10-8-6-4-2/h44,46,55-58,61-64H,3-43,45,47-54H2,1-2H3,(H,60,65)/b46-44+. The summed E-state index contributed by atoms with van der Waals surface area (Å²) in [5.41, 5.74) is 0. The van der Waals surface area contributed by atoms with Crippen molar-refractivity contribution in [2.24, 2.45) is 0 Å². The van der Waals surface area contributed by atoms with Crippen molar-refractivity contribution in [1.82, 2.24) is 5.32 Å². The van der Waals surface area contributed by atoms with E-state index >= 15 is 0 Å². The molecule has 0 aromatic carbocycles. The van der Waals surface area contributed by atoms with Crippen LogP contribution in [0, 0.1) is 0 Å². The van der Waals surface area contributed by atoms with Gasteiger partial charge in [-0.25, -0.2) is 0 Å². The van der Waals surface area contributed by atoms with E-state index in [1.807, 2.05) is 0 Å². The van der Waals surface area contributed by atoms with Gasteiger partial charge in [0.15, 0.2) is 0 Å². The molecule has 0 saturated heterocycles. The van der Waals surface area contributed by atoms with E-state index in [-0.39, 0.29) is 0 Å². The van der Waals surface area contributed by atoms with Gasteiger partial charge in [-0.3, -0.25) is 4.79 Å². The molecule has 65 heavy (non-hydrogen) atoms. The van der Waals surface area contributed by atoms with Gasteiger partial charge < -0.3 is 25.7 Å².